The molecular formula is C19H24N2O6. The molecule has 1 fully saturated rings. The van der Waals surface area contributed by atoms with Gasteiger partial charge in [0.15, 0.2) is 6.10 Å². The highest BCUT2D eigenvalue weighted by molar-refractivity contribution is 5.94. The van der Waals surface area contributed by atoms with E-state index < -0.39 is 12.1 Å². The van der Waals surface area contributed by atoms with Crippen LogP contribution in [0.25, 0.3) is 0 Å². The zero-order valence-electron chi connectivity index (χ0n) is 15.3. The first-order valence-electron chi connectivity index (χ1n) is 9.14. The minimum atomic E-state index is -1.05. The second kappa shape index (κ2) is 8.39. The van der Waals surface area contributed by atoms with Gasteiger partial charge in [0.1, 0.15) is 5.75 Å². The van der Waals surface area contributed by atoms with E-state index in [-0.39, 0.29) is 24.5 Å². The third-order valence-electron chi connectivity index (χ3n) is 4.66. The number of morpholine rings is 1. The number of carboxylic acids is 1. The molecule has 8 heteroatoms. The molecule has 1 saturated heterocycles. The van der Waals surface area contributed by atoms with Crippen molar-refractivity contribution in [3.8, 4) is 5.75 Å². The molecule has 2 atom stereocenters. The van der Waals surface area contributed by atoms with Gasteiger partial charge in [-0.3, -0.25) is 9.59 Å². The van der Waals surface area contributed by atoms with Crippen molar-refractivity contribution >= 4 is 23.5 Å². The van der Waals surface area contributed by atoms with Crippen LogP contribution in [-0.4, -0.2) is 59.7 Å². The Bertz CT molecular complexity index is 735. The smallest absolute Gasteiger partial charge is 0.334 e. The molecule has 0 saturated carbocycles. The van der Waals surface area contributed by atoms with Gasteiger partial charge in [0.2, 0.25) is 11.8 Å². The molecule has 0 bridgehead atoms. The van der Waals surface area contributed by atoms with E-state index in [4.69, 9.17) is 14.6 Å². The summed E-state index contributed by atoms with van der Waals surface area (Å²) in [4.78, 5) is 36.4. The number of carboxylic acid groups (broad SMARTS) is 1. The van der Waals surface area contributed by atoms with Crippen LogP contribution in [0.3, 0.4) is 0 Å². The summed E-state index contributed by atoms with van der Waals surface area (Å²) in [5, 5.41) is 11.9. The number of carbonyl (C=O) groups excluding carboxylic acids is 2. The van der Waals surface area contributed by atoms with Gasteiger partial charge < -0.3 is 24.8 Å². The molecule has 27 heavy (non-hydrogen) atoms. The molecule has 2 aliphatic heterocycles. The molecule has 2 N–H and O–H groups in total. The van der Waals surface area contributed by atoms with Crippen LogP contribution in [0.15, 0.2) is 18.2 Å². The van der Waals surface area contributed by atoms with Crippen LogP contribution in [0.2, 0.25) is 0 Å². The number of anilines is 1. The minimum absolute atomic E-state index is 0.0252. The quantitative estimate of drug-likeness (QED) is 0.728. The Labute approximate surface area is 157 Å². The maximum absolute atomic E-state index is 12.3. The summed E-state index contributed by atoms with van der Waals surface area (Å²) < 4.78 is 11.0. The van der Waals surface area contributed by atoms with Crippen molar-refractivity contribution in [1.82, 2.24) is 4.90 Å². The summed E-state index contributed by atoms with van der Waals surface area (Å²) in [6, 6.07) is 5.54. The predicted molar refractivity (Wildman–Crippen MR) is 96.7 cm³/mol. The molecule has 1 unspecified atom stereocenters. The number of aryl methyl sites for hydroxylation is 1. The highest BCUT2D eigenvalue weighted by atomic mass is 16.5. The Morgan fingerprint density at radius 3 is 2.93 bits per heavy atom. The van der Waals surface area contributed by atoms with E-state index >= 15 is 0 Å². The highest BCUT2D eigenvalue weighted by Crippen LogP contribution is 2.26. The van der Waals surface area contributed by atoms with Crippen LogP contribution < -0.4 is 10.1 Å². The Kier molecular flexibility index (Phi) is 5.95. The van der Waals surface area contributed by atoms with E-state index in [1.807, 2.05) is 12.1 Å². The number of fused-ring (bicyclic) bond motifs is 1. The van der Waals surface area contributed by atoms with Crippen LogP contribution in [0.5, 0.6) is 5.75 Å². The van der Waals surface area contributed by atoms with Gasteiger partial charge in [-0.05, 0) is 43.5 Å². The zero-order chi connectivity index (χ0) is 19.4. The molecule has 8 nitrogen and oxygen atoms in total. The number of nitrogens with one attached hydrogen (secondary N) is 1. The Balaban J connectivity index is 1.44. The number of aliphatic carboxylic acids is 1. The molecule has 3 rings (SSSR count). The van der Waals surface area contributed by atoms with Gasteiger partial charge in [-0.2, -0.15) is 0 Å². The van der Waals surface area contributed by atoms with Crippen molar-refractivity contribution in [3.05, 3.63) is 23.8 Å². The van der Waals surface area contributed by atoms with Gasteiger partial charge >= 0.3 is 5.97 Å². The molecule has 0 spiro atoms. The monoisotopic (exact) mass is 376 g/mol. The van der Waals surface area contributed by atoms with E-state index in [9.17, 15) is 14.4 Å². The van der Waals surface area contributed by atoms with Crippen LogP contribution in [-0.2, 0) is 25.5 Å². The Morgan fingerprint density at radius 2 is 2.15 bits per heavy atom. The van der Waals surface area contributed by atoms with Gasteiger partial charge in [0.05, 0.1) is 19.3 Å². The Hall–Kier alpha value is -2.61. The van der Waals surface area contributed by atoms with Crippen LogP contribution in [0, 0.1) is 0 Å². The fourth-order valence-corrected chi connectivity index (χ4v) is 3.31. The lowest BCUT2D eigenvalue weighted by Crippen LogP contribution is -2.51. The third kappa shape index (κ3) is 4.97. The van der Waals surface area contributed by atoms with E-state index in [2.05, 4.69) is 5.32 Å². The average molecular weight is 376 g/mol. The van der Waals surface area contributed by atoms with Crippen molar-refractivity contribution in [1.29, 1.82) is 0 Å². The predicted octanol–water partition coefficient (Wildman–Crippen LogP) is 1.43. The van der Waals surface area contributed by atoms with Gasteiger partial charge in [-0.15, -0.1) is 0 Å². The fourth-order valence-electron chi connectivity index (χ4n) is 3.31. The van der Waals surface area contributed by atoms with Crippen LogP contribution in [0.4, 0.5) is 5.69 Å². The number of carbonyl (C=O) groups is 3. The third-order valence-corrected chi connectivity index (χ3v) is 4.66. The standard InChI is InChI=1S/C19H24N2O6/c1-12-10-21(11-16(27-12)19(24)25)18(23)3-2-8-26-14-5-6-15-13(9-14)4-7-17(22)20-15/h5-6,9,12,16H,2-4,7-8,10-11H2,1H3,(H,20,22)(H,24,25)/t12-,16?/m1/s1. The topological polar surface area (TPSA) is 105 Å². The Morgan fingerprint density at radius 1 is 1.33 bits per heavy atom. The summed E-state index contributed by atoms with van der Waals surface area (Å²) in [6.45, 7) is 2.63. The molecule has 0 radical (unpaired) electrons. The number of hydrogen-bond donors (Lipinski definition) is 2. The van der Waals surface area contributed by atoms with Crippen LogP contribution in [0.1, 0.15) is 31.7 Å². The first-order valence-corrected chi connectivity index (χ1v) is 9.14. The van der Waals surface area contributed by atoms with Crippen molar-refractivity contribution < 1.29 is 29.0 Å². The normalized spacial score (nSPS) is 22.0. The highest BCUT2D eigenvalue weighted by Gasteiger charge is 2.32. The number of ether oxygens (including phenoxy) is 2. The molecule has 0 aromatic heterocycles. The lowest BCUT2D eigenvalue weighted by Gasteiger charge is -2.35. The zero-order valence-corrected chi connectivity index (χ0v) is 15.3. The second-order valence-corrected chi connectivity index (χ2v) is 6.89. The molecule has 2 amide bonds. The average Bonchev–Trinajstić information content (AvgIpc) is 2.64. The summed E-state index contributed by atoms with van der Waals surface area (Å²) in [5.74, 6) is -0.403. The molecule has 1 aromatic carbocycles. The number of benzene rings is 1. The number of rotatable bonds is 6. The summed E-state index contributed by atoms with van der Waals surface area (Å²) >= 11 is 0. The van der Waals surface area contributed by atoms with Crippen LogP contribution >= 0.6 is 0 Å². The van der Waals surface area contributed by atoms with E-state index in [0.717, 1.165) is 11.3 Å². The van der Waals surface area contributed by atoms with Gasteiger partial charge in [0, 0.05) is 25.1 Å². The molecule has 2 heterocycles. The van der Waals surface area contributed by atoms with Gasteiger partial charge in [0.25, 0.3) is 0 Å². The van der Waals surface area contributed by atoms with E-state index in [0.29, 0.717) is 44.6 Å². The summed E-state index contributed by atoms with van der Waals surface area (Å²) in [7, 11) is 0. The van der Waals surface area contributed by atoms with Gasteiger partial charge in [-0.1, -0.05) is 0 Å². The molecular weight excluding hydrogens is 352 g/mol. The maximum atomic E-state index is 12.3. The summed E-state index contributed by atoms with van der Waals surface area (Å²) in [6.07, 6.45) is 0.730. The first-order chi connectivity index (χ1) is 12.9. The SMILES string of the molecule is C[C@@H]1CN(C(=O)CCCOc2ccc3c(c2)CCC(=O)N3)CC(C(=O)O)O1. The fraction of sp³-hybridized carbons (Fsp3) is 0.526. The number of hydrogen-bond acceptors (Lipinski definition) is 5. The van der Waals surface area contributed by atoms with Crippen molar-refractivity contribution in [2.75, 3.05) is 25.0 Å². The van der Waals surface area contributed by atoms with Crippen molar-refractivity contribution in [2.45, 2.75) is 44.8 Å². The lowest BCUT2D eigenvalue weighted by molar-refractivity contribution is -0.166. The molecule has 1 aromatic rings. The van der Waals surface area contributed by atoms with E-state index in [1.165, 1.54) is 0 Å². The van der Waals surface area contributed by atoms with Gasteiger partial charge in [-0.25, -0.2) is 4.79 Å². The van der Waals surface area contributed by atoms with Crippen molar-refractivity contribution in [3.63, 3.8) is 0 Å². The number of amides is 2. The molecule has 2 aliphatic rings. The maximum Gasteiger partial charge on any atom is 0.334 e. The first kappa shape index (κ1) is 19.2. The van der Waals surface area contributed by atoms with E-state index in [1.54, 1.807) is 17.9 Å². The summed E-state index contributed by atoms with van der Waals surface area (Å²) in [5.41, 5.74) is 1.87. The largest absolute Gasteiger partial charge is 0.494 e. The van der Waals surface area contributed by atoms with Crippen molar-refractivity contribution in [2.24, 2.45) is 0 Å². The lowest BCUT2D eigenvalue weighted by atomic mass is 10.0. The molecule has 146 valence electrons. The number of nitrogens with zero attached hydrogens (tertiary/aromatic N) is 1. The second-order valence-electron chi connectivity index (χ2n) is 6.89. The molecule has 0 aliphatic carbocycles. The minimum Gasteiger partial charge on any atom is -0.494 e.